The highest BCUT2D eigenvalue weighted by atomic mass is 19.1. The predicted octanol–water partition coefficient (Wildman–Crippen LogP) is 3.91. The van der Waals surface area contributed by atoms with Crippen LogP contribution >= 0.6 is 0 Å². The van der Waals surface area contributed by atoms with Crippen molar-refractivity contribution in [3.05, 3.63) is 47.2 Å². The molecule has 0 saturated carbocycles. The maximum absolute atomic E-state index is 14.0. The highest BCUT2D eigenvalue weighted by Crippen LogP contribution is 2.37. The van der Waals surface area contributed by atoms with E-state index < -0.39 is 6.30 Å². The third-order valence-corrected chi connectivity index (χ3v) is 6.15. The Morgan fingerprint density at radius 1 is 1.23 bits per heavy atom. The molecule has 3 aliphatic rings. The van der Waals surface area contributed by atoms with E-state index in [1.165, 1.54) is 11.1 Å². The van der Waals surface area contributed by atoms with Crippen LogP contribution in [0.5, 0.6) is 5.75 Å². The molecule has 0 bridgehead atoms. The van der Waals surface area contributed by atoms with Crippen molar-refractivity contribution in [2.45, 2.75) is 38.9 Å². The zero-order valence-corrected chi connectivity index (χ0v) is 16.9. The molecule has 1 aliphatic carbocycles. The lowest BCUT2D eigenvalue weighted by molar-refractivity contribution is 0.0591. The van der Waals surface area contributed by atoms with Gasteiger partial charge in [0.05, 0.1) is 12.1 Å². The first-order valence-corrected chi connectivity index (χ1v) is 10.5. The van der Waals surface area contributed by atoms with Crippen molar-refractivity contribution in [1.29, 1.82) is 0 Å². The van der Waals surface area contributed by atoms with E-state index in [0.717, 1.165) is 23.2 Å². The van der Waals surface area contributed by atoms with Gasteiger partial charge in [0.1, 0.15) is 6.61 Å². The van der Waals surface area contributed by atoms with Crippen LogP contribution in [0, 0.1) is 5.92 Å². The van der Waals surface area contributed by atoms with Crippen LogP contribution in [0.15, 0.2) is 30.5 Å². The van der Waals surface area contributed by atoms with E-state index >= 15 is 0 Å². The molecule has 1 saturated heterocycles. The molecule has 1 aromatic heterocycles. The van der Waals surface area contributed by atoms with Crippen molar-refractivity contribution >= 4 is 23.2 Å². The number of fused-ring (bicyclic) bond motifs is 2. The summed E-state index contributed by atoms with van der Waals surface area (Å²) in [4.78, 5) is 32.8. The highest BCUT2D eigenvalue weighted by Gasteiger charge is 2.31. The number of pyridine rings is 1. The number of ether oxygens (including phenoxy) is 1. The molecule has 7 heteroatoms. The molecule has 0 spiro atoms. The molecule has 1 unspecified atom stereocenters. The predicted molar refractivity (Wildman–Crippen MR) is 110 cm³/mol. The van der Waals surface area contributed by atoms with Gasteiger partial charge in [0.15, 0.2) is 23.6 Å². The van der Waals surface area contributed by atoms with Crippen molar-refractivity contribution < 1.29 is 18.7 Å². The second kappa shape index (κ2) is 7.38. The van der Waals surface area contributed by atoms with E-state index in [9.17, 15) is 14.0 Å². The first-order chi connectivity index (χ1) is 14.5. The largest absolute Gasteiger partial charge is 0.488 e. The third-order valence-electron chi connectivity index (χ3n) is 6.15. The fourth-order valence-electron chi connectivity index (χ4n) is 4.65. The number of halogens is 1. The minimum absolute atomic E-state index is 0.201. The van der Waals surface area contributed by atoms with Crippen LogP contribution in [-0.4, -0.2) is 47.6 Å². The summed E-state index contributed by atoms with van der Waals surface area (Å²) in [5.41, 5.74) is 3.17. The lowest BCUT2D eigenvalue weighted by Gasteiger charge is -2.31. The number of hydrogen-bond donors (Lipinski definition) is 0. The van der Waals surface area contributed by atoms with Crippen LogP contribution in [0.2, 0.25) is 0 Å². The van der Waals surface area contributed by atoms with Crippen molar-refractivity contribution in [2.24, 2.45) is 5.92 Å². The van der Waals surface area contributed by atoms with E-state index in [2.05, 4.69) is 18.0 Å². The number of carbonyl (C=O) groups excluding carboxylic acids is 2. The summed E-state index contributed by atoms with van der Waals surface area (Å²) in [7, 11) is 0. The molecule has 1 fully saturated rings. The molecule has 5 rings (SSSR count). The number of carbonyl (C=O) groups is 2. The monoisotopic (exact) mass is 409 g/mol. The number of hydrogen-bond acceptors (Lipinski definition) is 5. The number of anilines is 2. The van der Waals surface area contributed by atoms with E-state index in [1.807, 2.05) is 17.0 Å². The van der Waals surface area contributed by atoms with Crippen LogP contribution in [0.1, 0.15) is 52.5 Å². The van der Waals surface area contributed by atoms with Gasteiger partial charge in [-0.05, 0) is 55.0 Å². The summed E-state index contributed by atoms with van der Waals surface area (Å²) < 4.78 is 19.7. The van der Waals surface area contributed by atoms with Crippen LogP contribution in [-0.2, 0) is 6.42 Å². The van der Waals surface area contributed by atoms with Crippen molar-refractivity contribution in [1.82, 2.24) is 9.88 Å². The van der Waals surface area contributed by atoms with Crippen molar-refractivity contribution in [2.75, 3.05) is 24.6 Å². The second-order valence-corrected chi connectivity index (χ2v) is 8.40. The normalized spacial score (nSPS) is 23.1. The van der Waals surface area contributed by atoms with E-state index in [4.69, 9.17) is 4.74 Å². The maximum atomic E-state index is 14.0. The Kier molecular flexibility index (Phi) is 4.68. The fourth-order valence-corrected chi connectivity index (χ4v) is 4.65. The molecule has 156 valence electrons. The molecule has 2 aliphatic heterocycles. The zero-order chi connectivity index (χ0) is 20.8. The number of rotatable bonds is 2. The topological polar surface area (TPSA) is 62.7 Å². The number of benzene rings is 1. The summed E-state index contributed by atoms with van der Waals surface area (Å²) in [5, 5.41) is 0. The minimum Gasteiger partial charge on any atom is -0.488 e. The van der Waals surface area contributed by atoms with E-state index in [1.54, 1.807) is 6.07 Å². The van der Waals surface area contributed by atoms with Crippen LogP contribution in [0.25, 0.3) is 0 Å². The van der Waals surface area contributed by atoms with Gasteiger partial charge in [-0.3, -0.25) is 9.59 Å². The molecule has 3 heterocycles. The molecule has 2 atom stereocenters. The summed E-state index contributed by atoms with van der Waals surface area (Å²) in [6, 6.07) is 7.57. The van der Waals surface area contributed by atoms with Crippen LogP contribution in [0.3, 0.4) is 0 Å². The van der Waals surface area contributed by atoms with Gasteiger partial charge in [0.25, 0.3) is 5.91 Å². The van der Waals surface area contributed by atoms with Crippen molar-refractivity contribution in [3.8, 4) is 5.75 Å². The Labute approximate surface area is 174 Å². The zero-order valence-electron chi connectivity index (χ0n) is 16.9. The van der Waals surface area contributed by atoms with Crippen LogP contribution in [0.4, 0.5) is 15.9 Å². The summed E-state index contributed by atoms with van der Waals surface area (Å²) in [5.74, 6) is 1.34. The fraction of sp³-hybridized carbons (Fsp3) is 0.435. The lowest BCUT2D eigenvalue weighted by atomic mass is 9.84. The number of alkyl halides is 1. The molecule has 2 aromatic rings. The van der Waals surface area contributed by atoms with Crippen molar-refractivity contribution in [3.63, 3.8) is 0 Å². The summed E-state index contributed by atoms with van der Waals surface area (Å²) in [6.07, 6.45) is 2.81. The first-order valence-electron chi connectivity index (χ1n) is 10.5. The van der Waals surface area contributed by atoms with Gasteiger partial charge in [-0.25, -0.2) is 9.37 Å². The second-order valence-electron chi connectivity index (χ2n) is 8.40. The smallest absolute Gasteiger partial charge is 0.257 e. The molecule has 1 aromatic carbocycles. The number of aromatic nitrogens is 1. The molecule has 6 nitrogen and oxygen atoms in total. The van der Waals surface area contributed by atoms with Gasteiger partial charge in [-0.1, -0.05) is 6.92 Å². The number of amides is 1. The number of Topliss-reactive ketones (excluding diaryl/α,β-unsaturated/α-hetero) is 1. The molecular formula is C23H24FN3O3. The summed E-state index contributed by atoms with van der Waals surface area (Å²) >= 11 is 0. The van der Waals surface area contributed by atoms with E-state index in [0.29, 0.717) is 62.0 Å². The van der Waals surface area contributed by atoms with Gasteiger partial charge >= 0.3 is 0 Å². The van der Waals surface area contributed by atoms with Gasteiger partial charge in [0, 0.05) is 30.4 Å². The van der Waals surface area contributed by atoms with Gasteiger partial charge in [-0.2, -0.15) is 0 Å². The minimum atomic E-state index is -1.23. The van der Waals surface area contributed by atoms with Gasteiger partial charge < -0.3 is 14.5 Å². The Morgan fingerprint density at radius 3 is 2.90 bits per heavy atom. The van der Waals surface area contributed by atoms with Crippen LogP contribution < -0.4 is 9.64 Å². The quantitative estimate of drug-likeness (QED) is 0.704. The number of likely N-dealkylation sites (tertiary alicyclic amines) is 1. The molecule has 0 radical (unpaired) electrons. The summed E-state index contributed by atoms with van der Waals surface area (Å²) in [6.45, 7) is 3.60. The molecule has 1 amide bonds. The molecular weight excluding hydrogens is 385 g/mol. The third kappa shape index (κ3) is 3.22. The van der Waals surface area contributed by atoms with E-state index in [-0.39, 0.29) is 11.7 Å². The SMILES string of the molecule is CC1CC(=O)c2ccc(N3CCOc4cc(C(=O)N5CCC[C@@H]5F)cnc43)cc2C1. The average molecular weight is 409 g/mol. The average Bonchev–Trinajstić information content (AvgIpc) is 3.17. The molecule has 0 N–H and O–H groups in total. The maximum Gasteiger partial charge on any atom is 0.257 e. The highest BCUT2D eigenvalue weighted by molar-refractivity contribution is 5.99. The Balaban J connectivity index is 1.45. The Morgan fingerprint density at radius 2 is 2.10 bits per heavy atom. The standard InChI is InChI=1S/C23H24FN3O3/c1-14-9-15-11-17(4-5-18(15)19(28)10-14)26-7-8-30-20-12-16(13-25-22(20)26)23(29)27-6-2-3-21(27)24/h4-5,11-14,21H,2-3,6-10H2,1H3/t14?,21-/m1/s1. The lowest BCUT2D eigenvalue weighted by Crippen LogP contribution is -2.34. The Hall–Kier alpha value is -2.96. The number of nitrogens with zero attached hydrogens (tertiary/aromatic N) is 3. The Bertz CT molecular complexity index is 1020. The van der Waals surface area contributed by atoms with Gasteiger partial charge in [0.2, 0.25) is 0 Å². The molecule has 30 heavy (non-hydrogen) atoms. The first kappa shape index (κ1) is 19.0. The van der Waals surface area contributed by atoms with Gasteiger partial charge in [-0.15, -0.1) is 0 Å². The number of ketones is 1.